The zero-order valence-corrected chi connectivity index (χ0v) is 20.3. The van der Waals surface area contributed by atoms with Crippen LogP contribution < -0.4 is 9.50 Å². The number of carbonyl (C=O) groups is 2. The minimum atomic E-state index is -4.02. The molecule has 2 rings (SSSR count). The molecule has 180 valence electrons. The Bertz CT molecular complexity index is 1040. The van der Waals surface area contributed by atoms with E-state index in [4.69, 9.17) is 13.7 Å². The lowest BCUT2D eigenvalue weighted by molar-refractivity contribution is -0.147. The molecule has 1 amide bonds. The average molecular weight is 478 g/mol. The van der Waals surface area contributed by atoms with Crippen LogP contribution in [0.5, 0.6) is 5.75 Å². The van der Waals surface area contributed by atoms with Crippen LogP contribution in [0.25, 0.3) is 0 Å². The van der Waals surface area contributed by atoms with Crippen molar-refractivity contribution in [2.75, 3.05) is 6.54 Å². The number of esters is 1. The molecular weight excluding hydrogens is 446 g/mol. The molecule has 2 aromatic carbocycles. The van der Waals surface area contributed by atoms with Crippen molar-refractivity contribution in [3.05, 3.63) is 60.2 Å². The zero-order valence-electron chi connectivity index (χ0n) is 19.5. The number of nitrogens with one attached hydrogen (secondary N) is 1. The lowest BCUT2D eigenvalue weighted by atomic mass is 9.95. The van der Waals surface area contributed by atoms with Gasteiger partial charge in [-0.3, -0.25) is 4.79 Å². The van der Waals surface area contributed by atoms with Gasteiger partial charge in [-0.1, -0.05) is 30.3 Å². The molecule has 0 heterocycles. The quantitative estimate of drug-likeness (QED) is 0.421. The van der Waals surface area contributed by atoms with Crippen molar-refractivity contribution >= 4 is 22.2 Å². The highest BCUT2D eigenvalue weighted by Gasteiger charge is 2.23. The van der Waals surface area contributed by atoms with E-state index >= 15 is 0 Å². The Balaban J connectivity index is 2.23. The molecule has 0 fully saturated rings. The van der Waals surface area contributed by atoms with Crippen molar-refractivity contribution in [2.45, 2.75) is 63.6 Å². The monoisotopic (exact) mass is 477 g/mol. The zero-order chi connectivity index (χ0) is 24.6. The molecule has 8 nitrogen and oxygen atoms in total. The van der Waals surface area contributed by atoms with Crippen molar-refractivity contribution in [3.63, 3.8) is 0 Å². The Kier molecular flexibility index (Phi) is 8.87. The number of alkyl carbamates (subject to hydrolysis) is 1. The van der Waals surface area contributed by atoms with Gasteiger partial charge in [0.25, 0.3) is 0 Å². The van der Waals surface area contributed by atoms with Gasteiger partial charge >= 0.3 is 22.2 Å². The van der Waals surface area contributed by atoms with Crippen LogP contribution in [0.3, 0.4) is 0 Å². The largest absolute Gasteiger partial charge is 0.463 e. The Morgan fingerprint density at radius 3 is 2.27 bits per heavy atom. The first-order valence-corrected chi connectivity index (χ1v) is 12.0. The number of hydrogen-bond acceptors (Lipinski definition) is 7. The summed E-state index contributed by atoms with van der Waals surface area (Å²) in [6.45, 7) is 8.81. The molecular formula is C24H31NO7S. The van der Waals surface area contributed by atoms with Gasteiger partial charge < -0.3 is 19.0 Å². The van der Waals surface area contributed by atoms with E-state index in [9.17, 15) is 18.0 Å². The molecule has 2 aromatic rings. The van der Waals surface area contributed by atoms with Crippen molar-refractivity contribution < 1.29 is 31.7 Å². The summed E-state index contributed by atoms with van der Waals surface area (Å²) in [4.78, 5) is 24.5. The second kappa shape index (κ2) is 11.2. The van der Waals surface area contributed by atoms with Gasteiger partial charge in [-0.05, 0) is 64.4 Å². The normalized spacial score (nSPS) is 12.7. The van der Waals surface area contributed by atoms with E-state index in [1.807, 2.05) is 0 Å². The number of hydrogen-bond donors (Lipinski definition) is 1. The van der Waals surface area contributed by atoms with Gasteiger partial charge in [0.2, 0.25) is 0 Å². The van der Waals surface area contributed by atoms with E-state index in [0.717, 1.165) is 0 Å². The summed E-state index contributed by atoms with van der Waals surface area (Å²) in [7, 11) is -4.02. The minimum Gasteiger partial charge on any atom is -0.463 e. The van der Waals surface area contributed by atoms with Crippen molar-refractivity contribution in [2.24, 2.45) is 0 Å². The molecule has 1 atom stereocenters. The average Bonchev–Trinajstić information content (AvgIpc) is 2.70. The maximum absolute atomic E-state index is 12.6. The fraction of sp³-hybridized carbons (Fsp3) is 0.417. The number of rotatable bonds is 9. The van der Waals surface area contributed by atoms with E-state index in [0.29, 0.717) is 5.56 Å². The van der Waals surface area contributed by atoms with Crippen LogP contribution >= 0.6 is 0 Å². The number of ether oxygens (including phenoxy) is 2. The Labute approximate surface area is 195 Å². The molecule has 9 heteroatoms. The van der Waals surface area contributed by atoms with Crippen LogP contribution in [0.15, 0.2) is 59.5 Å². The number of carbonyl (C=O) groups excluding carboxylic acids is 2. The van der Waals surface area contributed by atoms with Crippen LogP contribution in [0, 0.1) is 0 Å². The molecule has 33 heavy (non-hydrogen) atoms. The summed E-state index contributed by atoms with van der Waals surface area (Å²) in [6, 6.07) is 14.2. The predicted octanol–water partition coefficient (Wildman–Crippen LogP) is 4.40. The van der Waals surface area contributed by atoms with Crippen molar-refractivity contribution in [1.82, 2.24) is 5.32 Å². The van der Waals surface area contributed by atoms with Crippen LogP contribution in [0.2, 0.25) is 0 Å². The first-order valence-electron chi connectivity index (χ1n) is 10.6. The summed E-state index contributed by atoms with van der Waals surface area (Å²) >= 11 is 0. The van der Waals surface area contributed by atoms with Crippen LogP contribution in [0.4, 0.5) is 4.79 Å². The molecule has 0 spiro atoms. The lowest BCUT2D eigenvalue weighted by Crippen LogP contribution is -2.35. The maximum atomic E-state index is 12.6. The Morgan fingerprint density at radius 1 is 1.00 bits per heavy atom. The molecule has 0 bridgehead atoms. The molecule has 0 aliphatic heterocycles. The maximum Gasteiger partial charge on any atom is 0.407 e. The standard InChI is InChI=1S/C24H31NO7S/c1-17(2)30-22(26)15-19(16-25-23(27)31-24(3,4)5)18-10-9-11-20(14-18)32-33(28,29)21-12-7-6-8-13-21/h6-14,17,19H,15-16H2,1-5H3,(H,25,27). The van der Waals surface area contributed by atoms with E-state index in [1.54, 1.807) is 65.0 Å². The third-order valence-electron chi connectivity index (χ3n) is 4.24. The van der Waals surface area contributed by atoms with Gasteiger partial charge in [0, 0.05) is 12.5 Å². The molecule has 1 unspecified atom stereocenters. The van der Waals surface area contributed by atoms with Gasteiger partial charge in [0.05, 0.1) is 12.5 Å². The summed E-state index contributed by atoms with van der Waals surface area (Å²) in [5, 5.41) is 2.66. The fourth-order valence-electron chi connectivity index (χ4n) is 2.92. The third-order valence-corrected chi connectivity index (χ3v) is 5.50. The van der Waals surface area contributed by atoms with Gasteiger partial charge in [-0.2, -0.15) is 8.42 Å². The number of benzene rings is 2. The SMILES string of the molecule is CC(C)OC(=O)CC(CNC(=O)OC(C)(C)C)c1cccc(OS(=O)(=O)c2ccccc2)c1. The fourth-order valence-corrected chi connectivity index (χ4v) is 3.87. The molecule has 0 aliphatic carbocycles. The van der Waals surface area contributed by atoms with Gasteiger partial charge in [0.15, 0.2) is 0 Å². The van der Waals surface area contributed by atoms with Crippen molar-refractivity contribution in [1.29, 1.82) is 0 Å². The molecule has 0 radical (unpaired) electrons. The predicted molar refractivity (Wildman–Crippen MR) is 124 cm³/mol. The second-order valence-electron chi connectivity index (χ2n) is 8.75. The van der Waals surface area contributed by atoms with E-state index in [2.05, 4.69) is 5.32 Å². The molecule has 1 N–H and O–H groups in total. The molecule has 0 aliphatic rings. The first kappa shape index (κ1) is 26.2. The lowest BCUT2D eigenvalue weighted by Gasteiger charge is -2.22. The highest BCUT2D eigenvalue weighted by molar-refractivity contribution is 7.87. The molecule has 0 saturated carbocycles. The number of amides is 1. The highest BCUT2D eigenvalue weighted by atomic mass is 32.2. The summed E-state index contributed by atoms with van der Waals surface area (Å²) in [5.74, 6) is -0.841. The molecule has 0 aromatic heterocycles. The van der Waals surface area contributed by atoms with E-state index in [-0.39, 0.29) is 29.7 Å². The van der Waals surface area contributed by atoms with Crippen LogP contribution in [0.1, 0.15) is 52.5 Å². The second-order valence-corrected chi connectivity index (χ2v) is 10.3. The van der Waals surface area contributed by atoms with E-state index < -0.39 is 33.7 Å². The highest BCUT2D eigenvalue weighted by Crippen LogP contribution is 2.26. The van der Waals surface area contributed by atoms with E-state index in [1.165, 1.54) is 24.3 Å². The smallest absolute Gasteiger partial charge is 0.407 e. The topological polar surface area (TPSA) is 108 Å². The molecule has 0 saturated heterocycles. The Morgan fingerprint density at radius 2 is 1.67 bits per heavy atom. The van der Waals surface area contributed by atoms with Gasteiger partial charge in [0.1, 0.15) is 16.2 Å². The summed E-state index contributed by atoms with van der Waals surface area (Å²) < 4.78 is 40.9. The van der Waals surface area contributed by atoms with Crippen molar-refractivity contribution in [3.8, 4) is 5.75 Å². The minimum absolute atomic E-state index is 0.0249. The first-order chi connectivity index (χ1) is 15.4. The van der Waals surface area contributed by atoms with Gasteiger partial charge in [-0.25, -0.2) is 4.79 Å². The summed E-state index contributed by atoms with van der Waals surface area (Å²) in [6.07, 6.45) is -0.936. The van der Waals surface area contributed by atoms with Crippen LogP contribution in [-0.2, 0) is 24.4 Å². The van der Waals surface area contributed by atoms with Gasteiger partial charge in [-0.15, -0.1) is 0 Å². The van der Waals surface area contributed by atoms with Crippen LogP contribution in [-0.4, -0.2) is 38.7 Å². The summed E-state index contributed by atoms with van der Waals surface area (Å²) in [5.41, 5.74) is -0.0667. The third kappa shape index (κ3) is 9.13. The Hall–Kier alpha value is -3.07.